The van der Waals surface area contributed by atoms with Crippen LogP contribution in [0.5, 0.6) is 0 Å². The fourth-order valence-electron chi connectivity index (χ4n) is 2.79. The summed E-state index contributed by atoms with van der Waals surface area (Å²) in [6.07, 6.45) is 3.39. The maximum atomic E-state index is 12.7. The van der Waals surface area contributed by atoms with Crippen molar-refractivity contribution >= 4 is 56.9 Å². The summed E-state index contributed by atoms with van der Waals surface area (Å²) in [5.74, 6) is 0.697. The van der Waals surface area contributed by atoms with E-state index in [4.69, 9.17) is 11.6 Å². The molecule has 0 saturated heterocycles. The molecule has 3 unspecified atom stereocenters. The summed E-state index contributed by atoms with van der Waals surface area (Å²) in [5.41, 5.74) is 1.71. The van der Waals surface area contributed by atoms with Gasteiger partial charge in [0.25, 0.3) is 0 Å². The summed E-state index contributed by atoms with van der Waals surface area (Å²) in [6, 6.07) is 7.36. The minimum absolute atomic E-state index is 0.251. The Morgan fingerprint density at radius 1 is 1.40 bits per heavy atom. The van der Waals surface area contributed by atoms with Gasteiger partial charge < -0.3 is 4.55 Å². The summed E-state index contributed by atoms with van der Waals surface area (Å²) >= 11 is 8.92. The third kappa shape index (κ3) is 3.15. The van der Waals surface area contributed by atoms with Gasteiger partial charge in [0.05, 0.1) is 6.21 Å². The molecule has 1 aromatic carbocycles. The quantitative estimate of drug-likeness (QED) is 0.695. The molecule has 0 spiro atoms. The number of likely N-dealkylation sites (N-methyl/N-ethyl adjacent to an activating group) is 1. The van der Waals surface area contributed by atoms with Gasteiger partial charge in [-0.2, -0.15) is 0 Å². The summed E-state index contributed by atoms with van der Waals surface area (Å²) in [6.45, 7) is 0. The second-order valence-corrected chi connectivity index (χ2v) is 10.2. The van der Waals surface area contributed by atoms with E-state index in [9.17, 15) is 8.76 Å². The van der Waals surface area contributed by atoms with Crippen molar-refractivity contribution in [3.63, 3.8) is 0 Å². The van der Waals surface area contributed by atoms with Gasteiger partial charge in [0, 0.05) is 22.7 Å². The van der Waals surface area contributed by atoms with Crippen LogP contribution in [0, 0.1) is 0 Å². The van der Waals surface area contributed by atoms with Crippen molar-refractivity contribution in [1.29, 1.82) is 0 Å². The summed E-state index contributed by atoms with van der Waals surface area (Å²) in [7, 11) is -1.87. The summed E-state index contributed by atoms with van der Waals surface area (Å²) < 4.78 is 26.8. The van der Waals surface area contributed by atoms with E-state index in [0.717, 1.165) is 10.5 Å². The highest BCUT2D eigenvalue weighted by molar-refractivity contribution is 8.13. The van der Waals surface area contributed by atoms with Crippen LogP contribution in [-0.4, -0.2) is 38.6 Å². The maximum absolute atomic E-state index is 12.7. The number of amidine groups is 1. The Kier molecular flexibility index (Phi) is 4.68. The first-order chi connectivity index (χ1) is 12.0. The van der Waals surface area contributed by atoms with Crippen LogP contribution in [-0.2, 0) is 20.4 Å². The van der Waals surface area contributed by atoms with Crippen LogP contribution < -0.4 is 0 Å². The van der Waals surface area contributed by atoms with Crippen molar-refractivity contribution in [1.82, 2.24) is 4.31 Å². The number of halogens is 1. The van der Waals surface area contributed by atoms with Crippen molar-refractivity contribution in [3.8, 4) is 0 Å². The molecule has 0 radical (unpaired) electrons. The van der Waals surface area contributed by atoms with E-state index in [1.54, 1.807) is 7.05 Å². The van der Waals surface area contributed by atoms with E-state index in [2.05, 4.69) is 9.98 Å². The van der Waals surface area contributed by atoms with E-state index in [0.29, 0.717) is 21.6 Å². The zero-order valence-electron chi connectivity index (χ0n) is 13.2. The lowest BCUT2D eigenvalue weighted by atomic mass is 10.2. The van der Waals surface area contributed by atoms with E-state index >= 15 is 0 Å². The molecule has 5 nitrogen and oxygen atoms in total. The number of hydrogen-bond acceptors (Lipinski definition) is 6. The molecule has 3 aliphatic rings. The smallest absolute Gasteiger partial charge is 0.215 e. The maximum Gasteiger partial charge on any atom is 0.215 e. The molecule has 9 heteroatoms. The van der Waals surface area contributed by atoms with Crippen LogP contribution in [0.2, 0.25) is 5.02 Å². The van der Waals surface area contributed by atoms with Gasteiger partial charge in [0.1, 0.15) is 22.1 Å². The van der Waals surface area contributed by atoms with Crippen LogP contribution in [0.1, 0.15) is 5.56 Å². The zero-order valence-corrected chi connectivity index (χ0v) is 16.4. The zero-order chi connectivity index (χ0) is 17.6. The minimum Gasteiger partial charge on any atom is -0.597 e. The molecule has 0 bridgehead atoms. The standard InChI is InChI=1S/C16H14ClN3O2S3/c1-20-12-6-7-23-15(12)14-13(25(20,21)22)8-18-16(19-14)24-9-10-2-4-11(17)5-3-10/h2-8,12-13H,9H2,1H3. The van der Waals surface area contributed by atoms with E-state index < -0.39 is 15.6 Å². The van der Waals surface area contributed by atoms with Crippen LogP contribution in [0.15, 0.2) is 56.3 Å². The van der Waals surface area contributed by atoms with Gasteiger partial charge in [-0.15, -0.1) is 4.31 Å². The average molecular weight is 412 g/mol. The first-order valence-electron chi connectivity index (χ1n) is 7.51. The van der Waals surface area contributed by atoms with E-state index in [-0.39, 0.29) is 6.04 Å². The molecule has 0 saturated carbocycles. The van der Waals surface area contributed by atoms with Crippen LogP contribution in [0.3, 0.4) is 0 Å². The number of fused-ring (bicyclic) bond motifs is 2. The molecule has 0 fully saturated rings. The molecule has 25 heavy (non-hydrogen) atoms. The second kappa shape index (κ2) is 6.68. The van der Waals surface area contributed by atoms with Crippen LogP contribution in [0.25, 0.3) is 0 Å². The highest BCUT2D eigenvalue weighted by atomic mass is 35.5. The Morgan fingerprint density at radius 3 is 2.92 bits per heavy atom. The Bertz CT molecular complexity index is 879. The summed E-state index contributed by atoms with van der Waals surface area (Å²) in [5, 5.41) is 2.41. The topological polar surface area (TPSA) is 68.1 Å². The molecule has 3 heterocycles. The number of rotatable bonds is 2. The monoisotopic (exact) mass is 411 g/mol. The van der Waals surface area contributed by atoms with E-state index in [1.165, 1.54) is 34.0 Å². The second-order valence-electron chi connectivity index (χ2n) is 5.71. The predicted molar refractivity (Wildman–Crippen MR) is 107 cm³/mol. The van der Waals surface area contributed by atoms with Crippen LogP contribution >= 0.6 is 35.1 Å². The predicted octanol–water partition coefficient (Wildman–Crippen LogP) is 3.71. The van der Waals surface area contributed by atoms with Gasteiger partial charge in [-0.3, -0.25) is 0 Å². The minimum atomic E-state index is -3.48. The third-order valence-corrected chi connectivity index (χ3v) is 8.38. The van der Waals surface area contributed by atoms with Gasteiger partial charge in [0.15, 0.2) is 5.17 Å². The van der Waals surface area contributed by atoms with Crippen molar-refractivity contribution < 1.29 is 8.76 Å². The molecule has 0 aromatic heterocycles. The molecule has 1 aromatic rings. The number of nitrogens with zero attached hydrogens (tertiary/aromatic N) is 3. The van der Waals surface area contributed by atoms with Gasteiger partial charge in [-0.1, -0.05) is 57.5 Å². The molecular weight excluding hydrogens is 398 g/mol. The molecular formula is C16H14ClN3O2S3. The summed E-state index contributed by atoms with van der Waals surface area (Å²) in [4.78, 5) is 9.83. The number of aliphatic imine (C=N–C) groups is 2. The SMILES string of the molecule is CN1C2C=CSC2=C2N=C(SCc3ccc(Cl)cc3)N=CC2[S+]1(=O)[O-]. The number of hydrogen-bond donors (Lipinski definition) is 0. The molecule has 130 valence electrons. The first kappa shape index (κ1) is 17.5. The lowest BCUT2D eigenvalue weighted by Crippen LogP contribution is -2.52. The van der Waals surface area contributed by atoms with Crippen molar-refractivity contribution in [2.75, 3.05) is 7.05 Å². The third-order valence-electron chi connectivity index (χ3n) is 4.18. The van der Waals surface area contributed by atoms with Crippen molar-refractivity contribution in [2.24, 2.45) is 9.98 Å². The molecule has 3 atom stereocenters. The normalized spacial score (nSPS) is 31.1. The average Bonchev–Trinajstić information content (AvgIpc) is 3.09. The highest BCUT2D eigenvalue weighted by Gasteiger charge is 2.49. The first-order valence-corrected chi connectivity index (χ1v) is 11.3. The number of benzene rings is 1. The molecule has 0 aliphatic carbocycles. The largest absolute Gasteiger partial charge is 0.597 e. The van der Waals surface area contributed by atoms with Crippen LogP contribution in [0.4, 0.5) is 0 Å². The Morgan fingerprint density at radius 2 is 2.16 bits per heavy atom. The lowest BCUT2D eigenvalue weighted by Gasteiger charge is -2.38. The highest BCUT2D eigenvalue weighted by Crippen LogP contribution is 2.44. The fourth-order valence-corrected chi connectivity index (χ4v) is 6.41. The van der Waals surface area contributed by atoms with Gasteiger partial charge in [-0.25, -0.2) is 9.98 Å². The number of sulfonamides is 1. The molecule has 3 aliphatic heterocycles. The lowest BCUT2D eigenvalue weighted by molar-refractivity contribution is 0.372. The molecule has 0 N–H and O–H groups in total. The molecule has 0 amide bonds. The van der Waals surface area contributed by atoms with Crippen molar-refractivity contribution in [3.05, 3.63) is 56.9 Å². The van der Waals surface area contributed by atoms with E-state index in [1.807, 2.05) is 35.7 Å². The fraction of sp³-hybridized carbons (Fsp3) is 0.250. The molecule has 4 rings (SSSR count). The Hall–Kier alpha value is -0.900. The Labute approximate surface area is 160 Å². The van der Waals surface area contributed by atoms with Gasteiger partial charge >= 0.3 is 0 Å². The number of thioether (sulfide) groups is 2. The Balaban J connectivity index is 1.60. The van der Waals surface area contributed by atoms with Gasteiger partial charge in [-0.05, 0) is 23.1 Å². The van der Waals surface area contributed by atoms with Crippen molar-refractivity contribution in [2.45, 2.75) is 17.0 Å². The van der Waals surface area contributed by atoms with Gasteiger partial charge in [0.2, 0.25) is 5.25 Å².